The topological polar surface area (TPSA) is 64.8 Å². The standard InChI is InChI=1S/C19H19F3N2O3/c1-26-16-6-7-17-13(9-16)8-12(11-27-18(23)25)10-24(17)15-4-2-14(3-5-15)19(20,21)22/h2-7,9,12H,8,10-11H2,1H3,(H2,23,25). The second-order valence-electron chi connectivity index (χ2n) is 6.35. The summed E-state index contributed by atoms with van der Waals surface area (Å²) in [5, 5.41) is 0. The van der Waals surface area contributed by atoms with Gasteiger partial charge in [0.2, 0.25) is 0 Å². The average Bonchev–Trinajstić information content (AvgIpc) is 2.64. The Morgan fingerprint density at radius 2 is 1.93 bits per heavy atom. The van der Waals surface area contributed by atoms with Crippen LogP contribution < -0.4 is 15.4 Å². The number of fused-ring (bicyclic) bond motifs is 1. The summed E-state index contributed by atoms with van der Waals surface area (Å²) in [6, 6.07) is 10.5. The lowest BCUT2D eigenvalue weighted by Gasteiger charge is -2.36. The number of hydrogen-bond acceptors (Lipinski definition) is 4. The summed E-state index contributed by atoms with van der Waals surface area (Å²) in [6.45, 7) is 0.612. The molecule has 1 amide bonds. The average molecular weight is 380 g/mol. The second-order valence-corrected chi connectivity index (χ2v) is 6.35. The molecule has 144 valence electrons. The summed E-state index contributed by atoms with van der Waals surface area (Å²) in [4.78, 5) is 12.8. The van der Waals surface area contributed by atoms with Crippen molar-refractivity contribution in [1.82, 2.24) is 0 Å². The molecule has 2 N–H and O–H groups in total. The fourth-order valence-corrected chi connectivity index (χ4v) is 3.23. The molecule has 1 aliphatic rings. The van der Waals surface area contributed by atoms with Gasteiger partial charge < -0.3 is 20.1 Å². The van der Waals surface area contributed by atoms with Crippen LogP contribution in [0.15, 0.2) is 42.5 Å². The van der Waals surface area contributed by atoms with E-state index in [1.807, 2.05) is 17.0 Å². The first-order valence-corrected chi connectivity index (χ1v) is 8.32. The van der Waals surface area contributed by atoms with Crippen LogP contribution >= 0.6 is 0 Å². The number of carbonyl (C=O) groups excluding carboxylic acids is 1. The monoisotopic (exact) mass is 380 g/mol. The lowest BCUT2D eigenvalue weighted by atomic mass is 9.92. The molecule has 0 saturated heterocycles. The fraction of sp³-hybridized carbons (Fsp3) is 0.316. The third kappa shape index (κ3) is 4.27. The molecule has 2 aromatic rings. The van der Waals surface area contributed by atoms with Crippen LogP contribution in [0, 0.1) is 5.92 Å². The summed E-state index contributed by atoms with van der Waals surface area (Å²) in [6.07, 6.45) is -4.60. The zero-order chi connectivity index (χ0) is 19.6. The van der Waals surface area contributed by atoms with Gasteiger partial charge in [0, 0.05) is 23.8 Å². The van der Waals surface area contributed by atoms with Gasteiger partial charge in [-0.05, 0) is 54.4 Å². The summed E-state index contributed by atoms with van der Waals surface area (Å²) in [5.74, 6) is 0.622. The predicted molar refractivity (Wildman–Crippen MR) is 94.2 cm³/mol. The zero-order valence-corrected chi connectivity index (χ0v) is 14.6. The minimum absolute atomic E-state index is 0.0561. The molecule has 0 aliphatic carbocycles. The molecular formula is C19H19F3N2O3. The van der Waals surface area contributed by atoms with Crippen molar-refractivity contribution in [2.24, 2.45) is 11.7 Å². The Morgan fingerprint density at radius 1 is 1.22 bits per heavy atom. The maximum Gasteiger partial charge on any atom is 0.416 e. The Morgan fingerprint density at radius 3 is 2.52 bits per heavy atom. The third-order valence-corrected chi connectivity index (χ3v) is 4.49. The molecule has 2 aromatic carbocycles. The van der Waals surface area contributed by atoms with Crippen molar-refractivity contribution < 1.29 is 27.4 Å². The summed E-state index contributed by atoms with van der Waals surface area (Å²) in [7, 11) is 1.56. The van der Waals surface area contributed by atoms with Gasteiger partial charge in [0.05, 0.1) is 19.3 Å². The number of alkyl halides is 3. The van der Waals surface area contributed by atoms with Crippen LogP contribution in [-0.2, 0) is 17.3 Å². The largest absolute Gasteiger partial charge is 0.497 e. The van der Waals surface area contributed by atoms with E-state index in [1.165, 1.54) is 12.1 Å². The van der Waals surface area contributed by atoms with Crippen molar-refractivity contribution in [3.63, 3.8) is 0 Å². The van der Waals surface area contributed by atoms with Crippen molar-refractivity contribution >= 4 is 17.5 Å². The van der Waals surface area contributed by atoms with E-state index in [0.29, 0.717) is 24.4 Å². The van der Waals surface area contributed by atoms with Gasteiger partial charge in [-0.3, -0.25) is 0 Å². The first kappa shape index (κ1) is 18.9. The zero-order valence-electron chi connectivity index (χ0n) is 14.6. The molecular weight excluding hydrogens is 361 g/mol. The van der Waals surface area contributed by atoms with Gasteiger partial charge in [0.25, 0.3) is 0 Å². The van der Waals surface area contributed by atoms with E-state index in [-0.39, 0.29) is 12.5 Å². The van der Waals surface area contributed by atoms with Gasteiger partial charge in [-0.15, -0.1) is 0 Å². The highest BCUT2D eigenvalue weighted by Gasteiger charge is 2.31. The molecule has 1 unspecified atom stereocenters. The second kappa shape index (κ2) is 7.38. The molecule has 5 nitrogen and oxygen atoms in total. The van der Waals surface area contributed by atoms with Crippen molar-refractivity contribution in [3.05, 3.63) is 53.6 Å². The molecule has 0 radical (unpaired) electrons. The Balaban J connectivity index is 1.94. The van der Waals surface area contributed by atoms with E-state index in [9.17, 15) is 18.0 Å². The molecule has 1 aliphatic heterocycles. The van der Waals surface area contributed by atoms with E-state index < -0.39 is 17.8 Å². The Kier molecular flexibility index (Phi) is 5.16. The number of rotatable bonds is 4. The van der Waals surface area contributed by atoms with Crippen LogP contribution in [0.5, 0.6) is 5.75 Å². The van der Waals surface area contributed by atoms with Crippen LogP contribution in [-0.4, -0.2) is 26.4 Å². The quantitative estimate of drug-likeness (QED) is 0.867. The fourth-order valence-electron chi connectivity index (χ4n) is 3.23. The highest BCUT2D eigenvalue weighted by molar-refractivity contribution is 5.69. The van der Waals surface area contributed by atoms with Crippen molar-refractivity contribution in [3.8, 4) is 5.75 Å². The number of primary amides is 1. The molecule has 0 saturated carbocycles. The molecule has 3 rings (SSSR count). The van der Waals surface area contributed by atoms with Gasteiger partial charge in [-0.1, -0.05) is 0 Å². The molecule has 1 heterocycles. The Labute approximate surface area is 154 Å². The van der Waals surface area contributed by atoms with Gasteiger partial charge in [-0.2, -0.15) is 13.2 Å². The molecule has 0 fully saturated rings. The normalized spacial score (nSPS) is 16.6. The smallest absolute Gasteiger partial charge is 0.416 e. The van der Waals surface area contributed by atoms with Crippen LogP contribution in [0.25, 0.3) is 0 Å². The number of hydrogen-bond donors (Lipinski definition) is 1. The SMILES string of the molecule is COc1ccc2c(c1)CC(COC(N)=O)CN2c1ccc(C(F)(F)F)cc1. The van der Waals surface area contributed by atoms with E-state index in [2.05, 4.69) is 0 Å². The summed E-state index contributed by atoms with van der Waals surface area (Å²) in [5.41, 5.74) is 6.81. The maximum atomic E-state index is 12.8. The van der Waals surface area contributed by atoms with E-state index in [1.54, 1.807) is 13.2 Å². The van der Waals surface area contributed by atoms with Gasteiger partial charge in [-0.25, -0.2) is 4.79 Å². The van der Waals surface area contributed by atoms with Crippen LogP contribution in [0.2, 0.25) is 0 Å². The Bertz CT molecular complexity index is 822. The number of methoxy groups -OCH3 is 1. The first-order chi connectivity index (χ1) is 12.8. The molecule has 27 heavy (non-hydrogen) atoms. The minimum Gasteiger partial charge on any atom is -0.497 e. The highest BCUT2D eigenvalue weighted by Crippen LogP contribution is 2.38. The maximum absolute atomic E-state index is 12.8. The molecule has 0 aromatic heterocycles. The Hall–Kier alpha value is -2.90. The number of anilines is 2. The summed E-state index contributed by atoms with van der Waals surface area (Å²) >= 11 is 0. The predicted octanol–water partition coefficient (Wildman–Crippen LogP) is 4.12. The number of nitrogens with two attached hydrogens (primary N) is 1. The molecule has 0 bridgehead atoms. The van der Waals surface area contributed by atoms with Gasteiger partial charge in [0.1, 0.15) is 5.75 Å². The van der Waals surface area contributed by atoms with Crippen molar-refractivity contribution in [2.75, 3.05) is 25.2 Å². The van der Waals surface area contributed by atoms with E-state index >= 15 is 0 Å². The molecule has 0 spiro atoms. The lowest BCUT2D eigenvalue weighted by Crippen LogP contribution is -2.35. The van der Waals surface area contributed by atoms with Crippen molar-refractivity contribution in [1.29, 1.82) is 0 Å². The van der Waals surface area contributed by atoms with Gasteiger partial charge >= 0.3 is 12.3 Å². The van der Waals surface area contributed by atoms with Gasteiger partial charge in [0.15, 0.2) is 0 Å². The number of ether oxygens (including phenoxy) is 2. The molecule has 1 atom stereocenters. The van der Waals surface area contributed by atoms with Crippen LogP contribution in [0.3, 0.4) is 0 Å². The van der Waals surface area contributed by atoms with Crippen LogP contribution in [0.4, 0.5) is 29.3 Å². The third-order valence-electron chi connectivity index (χ3n) is 4.49. The number of amides is 1. The van der Waals surface area contributed by atoms with E-state index in [4.69, 9.17) is 15.2 Å². The van der Waals surface area contributed by atoms with E-state index in [0.717, 1.165) is 23.4 Å². The number of halogens is 3. The number of carbonyl (C=O) groups is 1. The molecule has 8 heteroatoms. The first-order valence-electron chi connectivity index (χ1n) is 8.32. The number of benzene rings is 2. The summed E-state index contributed by atoms with van der Waals surface area (Å²) < 4.78 is 48.7. The van der Waals surface area contributed by atoms with Crippen LogP contribution in [0.1, 0.15) is 11.1 Å². The number of nitrogens with zero attached hydrogens (tertiary/aromatic N) is 1. The van der Waals surface area contributed by atoms with Crippen molar-refractivity contribution in [2.45, 2.75) is 12.6 Å². The minimum atomic E-state index is -4.39. The lowest BCUT2D eigenvalue weighted by molar-refractivity contribution is -0.137. The highest BCUT2D eigenvalue weighted by atomic mass is 19.4.